The van der Waals surface area contributed by atoms with Crippen molar-refractivity contribution in [2.75, 3.05) is 13.2 Å². The van der Waals surface area contributed by atoms with Gasteiger partial charge in [-0.05, 0) is 25.3 Å². The fraction of sp³-hybridized carbons (Fsp3) is 0.615. The summed E-state index contributed by atoms with van der Waals surface area (Å²) in [7, 11) is 0. The molecule has 1 aliphatic heterocycles. The number of carbonyl (C=O) groups excluding carboxylic acids is 1. The summed E-state index contributed by atoms with van der Waals surface area (Å²) < 4.78 is 39.6. The number of allylic oxidation sites excluding steroid dienone is 3. The Labute approximate surface area is 114 Å². The molecular weight excluding hydrogens is 274 g/mol. The monoisotopic (exact) mass is 290 g/mol. The lowest BCUT2D eigenvalue weighted by atomic mass is 9.84. The number of aliphatic hydroxyl groups excluding tert-OH is 1. The number of ether oxygens (including phenoxy) is 3. The lowest BCUT2D eigenvalue weighted by Gasteiger charge is -2.24. The third-order valence-corrected chi connectivity index (χ3v) is 3.21. The van der Waals surface area contributed by atoms with Crippen molar-refractivity contribution < 1.29 is 32.9 Å². The Bertz CT molecular complexity index is 444. The number of halogens is 2. The van der Waals surface area contributed by atoms with Crippen molar-refractivity contribution in [3.05, 3.63) is 23.7 Å². The Balaban J connectivity index is 2.07. The maximum atomic E-state index is 13.0. The van der Waals surface area contributed by atoms with Crippen LogP contribution in [0.25, 0.3) is 0 Å². The Morgan fingerprint density at radius 3 is 3.00 bits per heavy atom. The molecule has 112 valence electrons. The molecule has 0 amide bonds. The van der Waals surface area contributed by atoms with Crippen LogP contribution in [0.15, 0.2) is 23.7 Å². The van der Waals surface area contributed by atoms with Gasteiger partial charge in [0.2, 0.25) is 0 Å². The second-order valence-corrected chi connectivity index (χ2v) is 4.55. The van der Waals surface area contributed by atoms with Crippen molar-refractivity contribution in [1.29, 1.82) is 0 Å². The molecule has 0 aromatic carbocycles. The minimum Gasteiger partial charge on any atom is -0.466 e. The molecule has 2 rings (SSSR count). The van der Waals surface area contributed by atoms with Crippen molar-refractivity contribution >= 4 is 5.97 Å². The van der Waals surface area contributed by atoms with Crippen LogP contribution < -0.4 is 0 Å². The van der Waals surface area contributed by atoms with Crippen LogP contribution in [-0.2, 0) is 19.0 Å². The van der Waals surface area contributed by atoms with E-state index in [0.717, 1.165) is 0 Å². The highest BCUT2D eigenvalue weighted by Crippen LogP contribution is 2.41. The number of esters is 1. The average molecular weight is 290 g/mol. The van der Waals surface area contributed by atoms with Crippen molar-refractivity contribution in [2.45, 2.75) is 26.1 Å². The normalized spacial score (nSPS) is 24.7. The molecule has 0 saturated heterocycles. The highest BCUT2D eigenvalue weighted by Gasteiger charge is 2.46. The van der Waals surface area contributed by atoms with Gasteiger partial charge in [0.05, 0.1) is 12.5 Å². The van der Waals surface area contributed by atoms with Gasteiger partial charge in [0.1, 0.15) is 5.76 Å². The number of alkyl halides is 2. The summed E-state index contributed by atoms with van der Waals surface area (Å²) in [4.78, 5) is 11.8. The molecule has 0 aromatic rings. The quantitative estimate of drug-likeness (QED) is 0.784. The number of hydrogen-bond donors (Lipinski definition) is 1. The Morgan fingerprint density at radius 2 is 2.35 bits per heavy atom. The Morgan fingerprint density at radius 1 is 1.60 bits per heavy atom. The lowest BCUT2D eigenvalue weighted by Crippen LogP contribution is -2.27. The molecule has 2 unspecified atom stereocenters. The molecule has 7 heteroatoms. The highest BCUT2D eigenvalue weighted by atomic mass is 19.3. The average Bonchev–Trinajstić information content (AvgIpc) is 2.68. The van der Waals surface area contributed by atoms with Crippen LogP contribution in [0.4, 0.5) is 8.78 Å². The third-order valence-electron chi connectivity index (χ3n) is 3.21. The first-order valence-corrected chi connectivity index (χ1v) is 6.41. The summed E-state index contributed by atoms with van der Waals surface area (Å²) in [5, 5.41) is 9.04. The van der Waals surface area contributed by atoms with Gasteiger partial charge >= 0.3 is 12.3 Å². The van der Waals surface area contributed by atoms with E-state index in [2.05, 4.69) is 9.47 Å². The minimum atomic E-state index is -3.65. The molecule has 2 atom stereocenters. The maximum absolute atomic E-state index is 13.0. The van der Waals surface area contributed by atoms with E-state index in [9.17, 15) is 13.6 Å². The van der Waals surface area contributed by atoms with E-state index in [4.69, 9.17) is 9.84 Å². The molecule has 0 saturated carbocycles. The summed E-state index contributed by atoms with van der Waals surface area (Å²) >= 11 is 0. The van der Waals surface area contributed by atoms with E-state index in [1.54, 1.807) is 13.0 Å². The van der Waals surface area contributed by atoms with Crippen LogP contribution >= 0.6 is 0 Å². The van der Waals surface area contributed by atoms with Gasteiger partial charge in [-0.1, -0.05) is 6.08 Å². The van der Waals surface area contributed by atoms with Gasteiger partial charge in [0.25, 0.3) is 0 Å². The first-order chi connectivity index (χ1) is 9.46. The van der Waals surface area contributed by atoms with Crippen molar-refractivity contribution in [2.24, 2.45) is 11.8 Å². The molecule has 1 aliphatic carbocycles. The molecule has 20 heavy (non-hydrogen) atoms. The first-order valence-electron chi connectivity index (χ1n) is 6.41. The Kier molecular flexibility index (Phi) is 4.27. The van der Waals surface area contributed by atoms with Gasteiger partial charge in [0.15, 0.2) is 5.76 Å². The van der Waals surface area contributed by atoms with Crippen LogP contribution in [0.2, 0.25) is 0 Å². The van der Waals surface area contributed by atoms with Crippen LogP contribution in [0.5, 0.6) is 0 Å². The van der Waals surface area contributed by atoms with E-state index < -0.39 is 18.2 Å². The van der Waals surface area contributed by atoms with Crippen LogP contribution in [0.3, 0.4) is 0 Å². The first kappa shape index (κ1) is 14.8. The maximum Gasteiger partial charge on any atom is 0.585 e. The molecule has 1 heterocycles. The zero-order valence-corrected chi connectivity index (χ0v) is 11.0. The second kappa shape index (κ2) is 5.78. The summed E-state index contributed by atoms with van der Waals surface area (Å²) in [6.45, 7) is 1.72. The predicted octanol–water partition coefficient (Wildman–Crippen LogP) is 1.93. The predicted molar refractivity (Wildman–Crippen MR) is 63.2 cm³/mol. The van der Waals surface area contributed by atoms with Gasteiger partial charge in [0, 0.05) is 13.0 Å². The summed E-state index contributed by atoms with van der Waals surface area (Å²) in [6.07, 6.45) is -0.353. The van der Waals surface area contributed by atoms with Crippen molar-refractivity contribution in [3.8, 4) is 0 Å². The fourth-order valence-electron chi connectivity index (χ4n) is 2.33. The van der Waals surface area contributed by atoms with Crippen LogP contribution in [0.1, 0.15) is 19.8 Å². The largest absolute Gasteiger partial charge is 0.585 e. The summed E-state index contributed by atoms with van der Waals surface area (Å²) in [6, 6.07) is 0. The molecule has 0 bridgehead atoms. The number of aliphatic hydroxyl groups is 1. The molecule has 5 nitrogen and oxygen atoms in total. The smallest absolute Gasteiger partial charge is 0.466 e. The zero-order valence-electron chi connectivity index (χ0n) is 11.0. The van der Waals surface area contributed by atoms with Gasteiger partial charge in [-0.15, -0.1) is 8.78 Å². The molecule has 2 aliphatic rings. The molecule has 0 aromatic heterocycles. The molecule has 0 radical (unpaired) electrons. The Hall–Kier alpha value is -1.63. The summed E-state index contributed by atoms with van der Waals surface area (Å²) in [5.74, 6) is -1.40. The van der Waals surface area contributed by atoms with E-state index in [-0.39, 0.29) is 43.5 Å². The van der Waals surface area contributed by atoms with E-state index in [1.807, 2.05) is 0 Å². The standard InChI is InChI=1S/C13H16F2O5/c1-2-18-12(17)9(5-6-16)8-3-4-10-11(7-8)20-13(14,15)19-10/h3-4,8-9,16H,2,5-7H2,1H3. The van der Waals surface area contributed by atoms with E-state index in [1.165, 1.54) is 6.08 Å². The third kappa shape index (κ3) is 3.09. The molecular formula is C13H16F2O5. The van der Waals surface area contributed by atoms with Gasteiger partial charge < -0.3 is 19.3 Å². The van der Waals surface area contributed by atoms with Crippen molar-refractivity contribution in [1.82, 2.24) is 0 Å². The minimum absolute atomic E-state index is 0.0159. The molecule has 0 fully saturated rings. The fourth-order valence-corrected chi connectivity index (χ4v) is 2.33. The molecule has 0 spiro atoms. The van der Waals surface area contributed by atoms with Gasteiger partial charge in [-0.25, -0.2) is 0 Å². The molecule has 1 N–H and O–H groups in total. The van der Waals surface area contributed by atoms with Gasteiger partial charge in [-0.2, -0.15) is 0 Å². The number of rotatable bonds is 5. The van der Waals surface area contributed by atoms with Crippen molar-refractivity contribution in [3.63, 3.8) is 0 Å². The highest BCUT2D eigenvalue weighted by molar-refractivity contribution is 5.73. The van der Waals surface area contributed by atoms with Gasteiger partial charge in [-0.3, -0.25) is 4.79 Å². The topological polar surface area (TPSA) is 65.0 Å². The number of hydrogen-bond acceptors (Lipinski definition) is 5. The number of carbonyl (C=O) groups is 1. The van der Waals surface area contributed by atoms with E-state index >= 15 is 0 Å². The van der Waals surface area contributed by atoms with E-state index in [0.29, 0.717) is 0 Å². The van der Waals surface area contributed by atoms with Crippen LogP contribution in [0, 0.1) is 11.8 Å². The van der Waals surface area contributed by atoms with Crippen LogP contribution in [-0.4, -0.2) is 30.6 Å². The SMILES string of the molecule is CCOC(=O)C(CCO)C1C=CC2=C(C1)OC(F)(F)O2. The summed E-state index contributed by atoms with van der Waals surface area (Å²) in [5.41, 5.74) is 0. The lowest BCUT2D eigenvalue weighted by molar-refractivity contribution is -0.336. The zero-order chi connectivity index (χ0) is 14.8. The second-order valence-electron chi connectivity index (χ2n) is 4.55.